The third kappa shape index (κ3) is 4.13. The van der Waals surface area contributed by atoms with Crippen molar-refractivity contribution >= 4 is 5.91 Å². The van der Waals surface area contributed by atoms with Gasteiger partial charge in [-0.1, -0.05) is 30.7 Å². The average Bonchev–Trinajstić information content (AvgIpc) is 2.61. The molecular formula is C20H24N2O2. The third-order valence-corrected chi connectivity index (χ3v) is 4.50. The van der Waals surface area contributed by atoms with Crippen molar-refractivity contribution in [2.75, 3.05) is 13.1 Å². The SMILES string of the molecule is Cc1ccc(OCc2cccc(C(=O)N3CCC(C)CC3)n2)cc1. The topological polar surface area (TPSA) is 42.4 Å². The Morgan fingerprint density at radius 1 is 1.17 bits per heavy atom. The van der Waals surface area contributed by atoms with E-state index in [0.717, 1.165) is 37.4 Å². The molecule has 1 fully saturated rings. The number of carbonyl (C=O) groups is 1. The van der Waals surface area contributed by atoms with Crippen molar-refractivity contribution in [2.24, 2.45) is 5.92 Å². The Balaban J connectivity index is 1.63. The second-order valence-corrected chi connectivity index (χ2v) is 6.59. The number of aromatic nitrogens is 1. The highest BCUT2D eigenvalue weighted by molar-refractivity contribution is 5.92. The van der Waals surface area contributed by atoms with Gasteiger partial charge in [-0.15, -0.1) is 0 Å². The summed E-state index contributed by atoms with van der Waals surface area (Å²) in [6.07, 6.45) is 2.14. The lowest BCUT2D eigenvalue weighted by molar-refractivity contribution is 0.0690. The molecule has 126 valence electrons. The van der Waals surface area contributed by atoms with Gasteiger partial charge >= 0.3 is 0 Å². The van der Waals surface area contributed by atoms with Crippen LogP contribution in [-0.4, -0.2) is 28.9 Å². The predicted molar refractivity (Wildman–Crippen MR) is 94.0 cm³/mol. The number of ether oxygens (including phenoxy) is 1. The molecule has 1 aliphatic rings. The fourth-order valence-electron chi connectivity index (χ4n) is 2.84. The number of aryl methyl sites for hydroxylation is 1. The van der Waals surface area contributed by atoms with Crippen molar-refractivity contribution in [2.45, 2.75) is 33.3 Å². The summed E-state index contributed by atoms with van der Waals surface area (Å²) < 4.78 is 5.75. The molecule has 0 saturated carbocycles. The number of nitrogens with zero attached hydrogens (tertiary/aromatic N) is 2. The Labute approximate surface area is 143 Å². The molecule has 1 aliphatic heterocycles. The molecule has 2 aromatic rings. The second kappa shape index (κ2) is 7.47. The maximum Gasteiger partial charge on any atom is 0.272 e. The van der Waals surface area contributed by atoms with Gasteiger partial charge in [0.05, 0.1) is 5.69 Å². The molecule has 4 nitrogen and oxygen atoms in total. The second-order valence-electron chi connectivity index (χ2n) is 6.59. The standard InChI is InChI=1S/C20H24N2O2/c1-15-6-8-18(9-7-15)24-14-17-4-3-5-19(21-17)20(23)22-12-10-16(2)11-13-22/h3-9,16H,10-14H2,1-2H3. The monoisotopic (exact) mass is 324 g/mol. The lowest BCUT2D eigenvalue weighted by Crippen LogP contribution is -2.38. The van der Waals surface area contributed by atoms with E-state index in [1.54, 1.807) is 6.07 Å². The van der Waals surface area contributed by atoms with Gasteiger partial charge in [0.15, 0.2) is 0 Å². The zero-order valence-corrected chi connectivity index (χ0v) is 14.4. The number of likely N-dealkylation sites (tertiary alicyclic amines) is 1. The van der Waals surface area contributed by atoms with Crippen LogP contribution in [-0.2, 0) is 6.61 Å². The molecule has 3 rings (SSSR count). The molecule has 24 heavy (non-hydrogen) atoms. The Morgan fingerprint density at radius 2 is 1.88 bits per heavy atom. The first-order chi connectivity index (χ1) is 11.6. The summed E-state index contributed by atoms with van der Waals surface area (Å²) in [5.41, 5.74) is 2.48. The molecule has 0 radical (unpaired) electrons. The van der Waals surface area contributed by atoms with Crippen LogP contribution in [0.1, 0.15) is 41.5 Å². The van der Waals surface area contributed by atoms with Crippen molar-refractivity contribution < 1.29 is 9.53 Å². The van der Waals surface area contributed by atoms with Crippen molar-refractivity contribution in [3.05, 3.63) is 59.4 Å². The smallest absolute Gasteiger partial charge is 0.272 e. The number of rotatable bonds is 4. The van der Waals surface area contributed by atoms with E-state index >= 15 is 0 Å². The first-order valence-electron chi connectivity index (χ1n) is 8.56. The minimum atomic E-state index is 0.0269. The van der Waals surface area contributed by atoms with Gasteiger partial charge in [-0.2, -0.15) is 0 Å². The number of amides is 1. The van der Waals surface area contributed by atoms with Crippen LogP contribution in [0.4, 0.5) is 0 Å². The largest absolute Gasteiger partial charge is 0.487 e. The van der Waals surface area contributed by atoms with Gasteiger partial charge in [-0.25, -0.2) is 4.98 Å². The van der Waals surface area contributed by atoms with Crippen LogP contribution in [0.15, 0.2) is 42.5 Å². The van der Waals surface area contributed by atoms with Gasteiger partial charge in [-0.05, 0) is 49.9 Å². The normalized spacial score (nSPS) is 15.3. The Morgan fingerprint density at radius 3 is 2.58 bits per heavy atom. The summed E-state index contributed by atoms with van der Waals surface area (Å²) in [5, 5.41) is 0. The fraction of sp³-hybridized carbons (Fsp3) is 0.400. The molecule has 0 unspecified atom stereocenters. The van der Waals surface area contributed by atoms with Gasteiger partial charge in [-0.3, -0.25) is 4.79 Å². The van der Waals surface area contributed by atoms with E-state index in [0.29, 0.717) is 18.2 Å². The average molecular weight is 324 g/mol. The third-order valence-electron chi connectivity index (χ3n) is 4.50. The van der Waals surface area contributed by atoms with E-state index in [1.165, 1.54) is 5.56 Å². The minimum absolute atomic E-state index is 0.0269. The summed E-state index contributed by atoms with van der Waals surface area (Å²) in [5.74, 6) is 1.54. The molecule has 0 bridgehead atoms. The van der Waals surface area contributed by atoms with Gasteiger partial charge in [0, 0.05) is 13.1 Å². The van der Waals surface area contributed by atoms with Gasteiger partial charge in [0.2, 0.25) is 0 Å². The summed E-state index contributed by atoms with van der Waals surface area (Å²) in [4.78, 5) is 19.0. The van der Waals surface area contributed by atoms with E-state index in [2.05, 4.69) is 11.9 Å². The highest BCUT2D eigenvalue weighted by Crippen LogP contribution is 2.18. The van der Waals surface area contributed by atoms with Crippen LogP contribution < -0.4 is 4.74 Å². The molecule has 1 aromatic heterocycles. The van der Waals surface area contributed by atoms with Gasteiger partial charge in [0.1, 0.15) is 18.1 Å². The fourth-order valence-corrected chi connectivity index (χ4v) is 2.84. The van der Waals surface area contributed by atoms with E-state index in [4.69, 9.17) is 4.74 Å². The molecule has 0 N–H and O–H groups in total. The minimum Gasteiger partial charge on any atom is -0.487 e. The van der Waals surface area contributed by atoms with E-state index in [9.17, 15) is 4.79 Å². The Kier molecular flexibility index (Phi) is 5.14. The Hall–Kier alpha value is -2.36. The van der Waals surface area contributed by atoms with E-state index in [-0.39, 0.29) is 5.91 Å². The zero-order chi connectivity index (χ0) is 16.9. The number of hydrogen-bond acceptors (Lipinski definition) is 3. The first kappa shape index (κ1) is 16.5. The highest BCUT2D eigenvalue weighted by atomic mass is 16.5. The van der Waals surface area contributed by atoms with Crippen LogP contribution in [0, 0.1) is 12.8 Å². The Bertz CT molecular complexity index is 689. The number of hydrogen-bond donors (Lipinski definition) is 0. The summed E-state index contributed by atoms with van der Waals surface area (Å²) >= 11 is 0. The summed E-state index contributed by atoms with van der Waals surface area (Å²) in [6.45, 7) is 6.30. The van der Waals surface area contributed by atoms with E-state index in [1.807, 2.05) is 48.2 Å². The molecule has 4 heteroatoms. The van der Waals surface area contributed by atoms with Gasteiger partial charge < -0.3 is 9.64 Å². The molecular weight excluding hydrogens is 300 g/mol. The molecule has 2 heterocycles. The summed E-state index contributed by atoms with van der Waals surface area (Å²) in [6, 6.07) is 13.5. The maximum atomic E-state index is 12.6. The molecule has 1 aromatic carbocycles. The molecule has 0 aliphatic carbocycles. The first-order valence-corrected chi connectivity index (χ1v) is 8.56. The maximum absolute atomic E-state index is 12.6. The predicted octanol–water partition coefficient (Wildman–Crippen LogP) is 3.84. The van der Waals surface area contributed by atoms with Crippen molar-refractivity contribution in [3.63, 3.8) is 0 Å². The quantitative estimate of drug-likeness (QED) is 0.858. The van der Waals surface area contributed by atoms with Crippen LogP contribution in [0.25, 0.3) is 0 Å². The molecule has 1 saturated heterocycles. The van der Waals surface area contributed by atoms with Gasteiger partial charge in [0.25, 0.3) is 5.91 Å². The molecule has 1 amide bonds. The molecule has 0 spiro atoms. The number of piperidine rings is 1. The van der Waals surface area contributed by atoms with Crippen molar-refractivity contribution in [1.29, 1.82) is 0 Å². The van der Waals surface area contributed by atoms with Crippen LogP contribution in [0.2, 0.25) is 0 Å². The zero-order valence-electron chi connectivity index (χ0n) is 14.4. The lowest BCUT2D eigenvalue weighted by Gasteiger charge is -2.30. The van der Waals surface area contributed by atoms with Crippen LogP contribution in [0.5, 0.6) is 5.75 Å². The lowest BCUT2D eigenvalue weighted by atomic mass is 9.99. The van der Waals surface area contributed by atoms with Crippen molar-refractivity contribution in [3.8, 4) is 5.75 Å². The number of pyridine rings is 1. The molecule has 0 atom stereocenters. The van der Waals surface area contributed by atoms with Crippen LogP contribution >= 0.6 is 0 Å². The van der Waals surface area contributed by atoms with E-state index < -0.39 is 0 Å². The number of benzene rings is 1. The number of carbonyl (C=O) groups excluding carboxylic acids is 1. The van der Waals surface area contributed by atoms with Crippen LogP contribution in [0.3, 0.4) is 0 Å². The summed E-state index contributed by atoms with van der Waals surface area (Å²) in [7, 11) is 0. The van der Waals surface area contributed by atoms with Crippen molar-refractivity contribution in [1.82, 2.24) is 9.88 Å². The highest BCUT2D eigenvalue weighted by Gasteiger charge is 2.22.